The van der Waals surface area contributed by atoms with Crippen LogP contribution in [0.2, 0.25) is 0 Å². The summed E-state index contributed by atoms with van der Waals surface area (Å²) in [5.74, 6) is 4.17. The maximum Gasteiger partial charge on any atom is 0.275 e. The van der Waals surface area contributed by atoms with E-state index in [0.29, 0.717) is 10.6 Å². The number of carbonyl (C=O) groups is 2. The van der Waals surface area contributed by atoms with E-state index in [9.17, 15) is 9.59 Å². The molecular weight excluding hydrogens is 194 g/mol. The van der Waals surface area contributed by atoms with Crippen LogP contribution in [0.5, 0.6) is 0 Å². The van der Waals surface area contributed by atoms with Crippen molar-refractivity contribution in [3.8, 4) is 0 Å². The van der Waals surface area contributed by atoms with Crippen molar-refractivity contribution in [2.75, 3.05) is 0 Å². The number of nitrogens with two attached hydrogens (primary N) is 1. The standard InChI is InChI=1S/C10H11N3O2/c1-7(2)9(14)13(11)10(15)8-3-5-12-6-4-8/h3-6H,1,11H2,2H3. The molecule has 0 bridgehead atoms. The smallest absolute Gasteiger partial charge is 0.268 e. The van der Waals surface area contributed by atoms with Crippen LogP contribution in [0, 0.1) is 0 Å². The van der Waals surface area contributed by atoms with Crippen LogP contribution in [0.25, 0.3) is 0 Å². The van der Waals surface area contributed by atoms with Crippen molar-refractivity contribution in [1.29, 1.82) is 0 Å². The quantitative estimate of drug-likeness (QED) is 0.330. The van der Waals surface area contributed by atoms with E-state index >= 15 is 0 Å². The van der Waals surface area contributed by atoms with Gasteiger partial charge in [-0.15, -0.1) is 0 Å². The molecule has 1 aromatic rings. The molecule has 0 spiro atoms. The molecule has 0 unspecified atom stereocenters. The third kappa shape index (κ3) is 2.47. The summed E-state index contributed by atoms with van der Waals surface area (Å²) in [6.45, 7) is 4.90. The van der Waals surface area contributed by atoms with Crippen LogP contribution in [0.15, 0.2) is 36.7 Å². The molecule has 0 saturated heterocycles. The van der Waals surface area contributed by atoms with Crippen LogP contribution in [-0.2, 0) is 4.79 Å². The Kier molecular flexibility index (Phi) is 3.30. The number of hydrazine groups is 1. The Balaban J connectivity index is 2.87. The molecule has 1 aromatic heterocycles. The summed E-state index contributed by atoms with van der Waals surface area (Å²) >= 11 is 0. The Morgan fingerprint density at radius 2 is 1.93 bits per heavy atom. The number of nitrogens with zero attached hydrogens (tertiary/aromatic N) is 2. The highest BCUT2D eigenvalue weighted by atomic mass is 16.2. The molecule has 0 fully saturated rings. The van der Waals surface area contributed by atoms with E-state index in [-0.39, 0.29) is 5.57 Å². The Labute approximate surface area is 87.2 Å². The van der Waals surface area contributed by atoms with E-state index in [0.717, 1.165) is 0 Å². The zero-order valence-electron chi connectivity index (χ0n) is 8.30. The molecular formula is C10H11N3O2. The summed E-state index contributed by atoms with van der Waals surface area (Å²) in [7, 11) is 0. The molecule has 0 aliphatic carbocycles. The fourth-order valence-electron chi connectivity index (χ4n) is 0.931. The van der Waals surface area contributed by atoms with Crippen molar-refractivity contribution < 1.29 is 9.59 Å². The molecule has 2 N–H and O–H groups in total. The van der Waals surface area contributed by atoms with Gasteiger partial charge in [0.1, 0.15) is 0 Å². The predicted molar refractivity (Wildman–Crippen MR) is 54.4 cm³/mol. The predicted octanol–water partition coefficient (Wildman–Crippen LogP) is 0.500. The molecule has 15 heavy (non-hydrogen) atoms. The van der Waals surface area contributed by atoms with Gasteiger partial charge in [-0.25, -0.2) is 10.9 Å². The molecule has 1 heterocycles. The van der Waals surface area contributed by atoms with E-state index < -0.39 is 11.8 Å². The van der Waals surface area contributed by atoms with Crippen molar-refractivity contribution in [1.82, 2.24) is 9.99 Å². The second-order valence-corrected chi connectivity index (χ2v) is 3.00. The highest BCUT2D eigenvalue weighted by molar-refractivity contribution is 6.08. The first-order valence-electron chi connectivity index (χ1n) is 4.23. The monoisotopic (exact) mass is 205 g/mol. The van der Waals surface area contributed by atoms with Crippen LogP contribution < -0.4 is 5.84 Å². The SMILES string of the molecule is C=C(C)C(=O)N(N)C(=O)c1ccncc1. The minimum absolute atomic E-state index is 0.208. The fourth-order valence-corrected chi connectivity index (χ4v) is 0.931. The van der Waals surface area contributed by atoms with Crippen LogP contribution >= 0.6 is 0 Å². The molecule has 0 atom stereocenters. The number of rotatable bonds is 2. The molecule has 1 rings (SSSR count). The maximum absolute atomic E-state index is 11.6. The van der Waals surface area contributed by atoms with E-state index in [2.05, 4.69) is 11.6 Å². The van der Waals surface area contributed by atoms with Gasteiger partial charge in [0.05, 0.1) is 0 Å². The first-order chi connectivity index (χ1) is 7.04. The topological polar surface area (TPSA) is 76.3 Å². The third-order valence-corrected chi connectivity index (χ3v) is 1.73. The average Bonchev–Trinajstić information content (AvgIpc) is 2.27. The van der Waals surface area contributed by atoms with E-state index in [1.165, 1.54) is 31.5 Å². The van der Waals surface area contributed by atoms with Gasteiger partial charge < -0.3 is 0 Å². The lowest BCUT2D eigenvalue weighted by atomic mass is 10.2. The number of carbonyl (C=O) groups excluding carboxylic acids is 2. The Morgan fingerprint density at radius 1 is 1.40 bits per heavy atom. The van der Waals surface area contributed by atoms with Gasteiger partial charge in [0.15, 0.2) is 0 Å². The lowest BCUT2D eigenvalue weighted by Gasteiger charge is -2.14. The maximum atomic E-state index is 11.6. The molecule has 0 saturated carbocycles. The average molecular weight is 205 g/mol. The molecule has 0 aliphatic rings. The number of hydrogen-bond acceptors (Lipinski definition) is 4. The summed E-state index contributed by atoms with van der Waals surface area (Å²) in [6.07, 6.45) is 2.90. The zero-order chi connectivity index (χ0) is 11.4. The molecule has 2 amide bonds. The highest BCUT2D eigenvalue weighted by Gasteiger charge is 2.19. The first-order valence-corrected chi connectivity index (χ1v) is 4.23. The van der Waals surface area contributed by atoms with Gasteiger partial charge in [-0.1, -0.05) is 6.58 Å². The summed E-state index contributed by atoms with van der Waals surface area (Å²) in [4.78, 5) is 26.7. The lowest BCUT2D eigenvalue weighted by molar-refractivity contribution is -0.124. The Hall–Kier alpha value is -2.01. The molecule has 5 nitrogen and oxygen atoms in total. The molecule has 0 aliphatic heterocycles. The summed E-state index contributed by atoms with van der Waals surface area (Å²) in [5, 5.41) is 0.539. The highest BCUT2D eigenvalue weighted by Crippen LogP contribution is 2.02. The summed E-state index contributed by atoms with van der Waals surface area (Å²) in [6, 6.07) is 2.96. The van der Waals surface area contributed by atoms with Gasteiger partial charge in [-0.2, -0.15) is 0 Å². The van der Waals surface area contributed by atoms with Crippen molar-refractivity contribution in [2.24, 2.45) is 5.84 Å². The van der Waals surface area contributed by atoms with Crippen LogP contribution in [0.1, 0.15) is 17.3 Å². The minimum atomic E-state index is -0.600. The van der Waals surface area contributed by atoms with E-state index in [4.69, 9.17) is 5.84 Å². The first kappa shape index (κ1) is 11.1. The second-order valence-electron chi connectivity index (χ2n) is 3.00. The summed E-state index contributed by atoms with van der Waals surface area (Å²) < 4.78 is 0. The molecule has 0 aromatic carbocycles. The van der Waals surface area contributed by atoms with Crippen LogP contribution in [-0.4, -0.2) is 21.8 Å². The summed E-state index contributed by atoms with van der Waals surface area (Å²) in [5.41, 5.74) is 0.516. The zero-order valence-corrected chi connectivity index (χ0v) is 8.30. The number of imide groups is 1. The van der Waals surface area contributed by atoms with Crippen LogP contribution in [0.3, 0.4) is 0 Å². The number of aromatic nitrogens is 1. The van der Waals surface area contributed by atoms with Gasteiger partial charge in [0.2, 0.25) is 0 Å². The number of hydrogen-bond donors (Lipinski definition) is 1. The van der Waals surface area contributed by atoms with Crippen molar-refractivity contribution in [3.63, 3.8) is 0 Å². The fraction of sp³-hybridized carbons (Fsp3) is 0.100. The van der Waals surface area contributed by atoms with Crippen LogP contribution in [0.4, 0.5) is 0 Å². The van der Waals surface area contributed by atoms with Crippen molar-refractivity contribution in [2.45, 2.75) is 6.92 Å². The normalized spacial score (nSPS) is 9.47. The van der Waals surface area contributed by atoms with Crippen molar-refractivity contribution in [3.05, 3.63) is 42.2 Å². The van der Waals surface area contributed by atoms with Gasteiger partial charge in [0.25, 0.3) is 11.8 Å². The van der Waals surface area contributed by atoms with Gasteiger partial charge in [-0.3, -0.25) is 14.6 Å². The minimum Gasteiger partial charge on any atom is -0.268 e. The third-order valence-electron chi connectivity index (χ3n) is 1.73. The lowest BCUT2D eigenvalue weighted by Crippen LogP contribution is -2.42. The Bertz CT molecular complexity index is 400. The van der Waals surface area contributed by atoms with Gasteiger partial charge in [-0.05, 0) is 19.1 Å². The molecule has 0 radical (unpaired) electrons. The largest absolute Gasteiger partial charge is 0.275 e. The van der Waals surface area contributed by atoms with Gasteiger partial charge in [0, 0.05) is 23.5 Å². The van der Waals surface area contributed by atoms with E-state index in [1.54, 1.807) is 0 Å². The van der Waals surface area contributed by atoms with Crippen molar-refractivity contribution >= 4 is 11.8 Å². The van der Waals surface area contributed by atoms with E-state index in [1.807, 2.05) is 0 Å². The molecule has 78 valence electrons. The second kappa shape index (κ2) is 4.47. The number of amides is 2. The molecule has 5 heteroatoms. The number of pyridine rings is 1. The van der Waals surface area contributed by atoms with Gasteiger partial charge >= 0.3 is 0 Å². The Morgan fingerprint density at radius 3 is 2.40 bits per heavy atom.